The van der Waals surface area contributed by atoms with Gasteiger partial charge < -0.3 is 9.84 Å². The molecule has 0 fully saturated rings. The molecule has 0 aliphatic heterocycles. The third-order valence-electron chi connectivity index (χ3n) is 1.87. The molecule has 71 valence electrons. The van der Waals surface area contributed by atoms with Gasteiger partial charge in [-0.15, -0.1) is 0 Å². The predicted octanol–water partition coefficient (Wildman–Crippen LogP) is 2.26. The smallest absolute Gasteiger partial charge is 0.137 e. The third-order valence-corrected chi connectivity index (χ3v) is 2.28. The van der Waals surface area contributed by atoms with E-state index in [9.17, 15) is 0 Å². The molecule has 1 aromatic carbocycles. The molecule has 0 amide bonds. The molecule has 0 spiro atoms. The fraction of sp³-hybridized carbons (Fsp3) is 0.300. The van der Waals surface area contributed by atoms with E-state index in [-0.39, 0.29) is 12.5 Å². The van der Waals surface area contributed by atoms with E-state index in [1.165, 1.54) is 0 Å². The van der Waals surface area contributed by atoms with Gasteiger partial charge in [-0.05, 0) is 18.6 Å². The first kappa shape index (κ1) is 10.4. The molecular weight excluding hydrogens is 188 g/mol. The Labute approximate surface area is 83.1 Å². The average molecular weight is 200 g/mol. The predicted molar refractivity (Wildman–Crippen MR) is 53.2 cm³/mol. The quantitative estimate of drug-likeness (QED) is 0.809. The summed E-state index contributed by atoms with van der Waals surface area (Å²) in [6.07, 6.45) is 0. The maximum absolute atomic E-state index is 8.91. The minimum absolute atomic E-state index is 0.0209. The van der Waals surface area contributed by atoms with Crippen molar-refractivity contribution in [2.45, 2.75) is 5.92 Å². The molecule has 0 aromatic heterocycles. The Balaban J connectivity index is 3.08. The minimum atomic E-state index is -0.206. The van der Waals surface area contributed by atoms with Crippen LogP contribution in [0.15, 0.2) is 18.2 Å². The summed E-state index contributed by atoms with van der Waals surface area (Å²) in [6.45, 7) is 3.75. The van der Waals surface area contributed by atoms with Crippen LogP contribution in [0.2, 0.25) is 5.02 Å². The molecule has 1 aromatic rings. The van der Waals surface area contributed by atoms with E-state index < -0.39 is 0 Å². The Morgan fingerprint density at radius 2 is 2.31 bits per heavy atom. The van der Waals surface area contributed by atoms with E-state index in [4.69, 9.17) is 21.4 Å². The second-order valence-corrected chi connectivity index (χ2v) is 3.12. The minimum Gasteiger partial charge on any atom is -0.495 e. The van der Waals surface area contributed by atoms with Crippen molar-refractivity contribution in [2.24, 2.45) is 0 Å². The Morgan fingerprint density at radius 1 is 1.62 bits per heavy atom. The Bertz CT molecular complexity index is 286. The monoisotopic (exact) mass is 199 g/mol. The Morgan fingerprint density at radius 3 is 2.85 bits per heavy atom. The van der Waals surface area contributed by atoms with Crippen molar-refractivity contribution in [1.29, 1.82) is 0 Å². The van der Waals surface area contributed by atoms with Crippen LogP contribution in [-0.4, -0.2) is 18.8 Å². The van der Waals surface area contributed by atoms with Crippen LogP contribution in [0.3, 0.4) is 0 Å². The number of hydrogen-bond acceptors (Lipinski definition) is 2. The van der Waals surface area contributed by atoms with E-state index in [2.05, 4.69) is 6.92 Å². The summed E-state index contributed by atoms with van der Waals surface area (Å²) >= 11 is 6.01. The van der Waals surface area contributed by atoms with Gasteiger partial charge >= 0.3 is 0 Å². The fourth-order valence-electron chi connectivity index (χ4n) is 1.10. The van der Waals surface area contributed by atoms with Gasteiger partial charge in [0.1, 0.15) is 5.75 Å². The van der Waals surface area contributed by atoms with Gasteiger partial charge in [-0.25, -0.2) is 0 Å². The number of halogens is 1. The highest BCUT2D eigenvalue weighted by atomic mass is 35.5. The first-order valence-corrected chi connectivity index (χ1v) is 4.34. The maximum Gasteiger partial charge on any atom is 0.137 e. The number of aliphatic hydroxyl groups excluding tert-OH is 1. The fourth-order valence-corrected chi connectivity index (χ4v) is 1.46. The summed E-state index contributed by atoms with van der Waals surface area (Å²) in [5, 5.41) is 9.44. The Hall–Kier alpha value is -0.730. The normalized spacial score (nSPS) is 12.6. The van der Waals surface area contributed by atoms with E-state index in [0.717, 1.165) is 5.56 Å². The van der Waals surface area contributed by atoms with Crippen molar-refractivity contribution in [3.8, 4) is 5.75 Å². The van der Waals surface area contributed by atoms with Gasteiger partial charge in [0.15, 0.2) is 0 Å². The topological polar surface area (TPSA) is 29.5 Å². The lowest BCUT2D eigenvalue weighted by atomic mass is 10.0. The van der Waals surface area contributed by atoms with Crippen LogP contribution >= 0.6 is 11.6 Å². The average Bonchev–Trinajstić information content (AvgIpc) is 2.17. The van der Waals surface area contributed by atoms with Crippen LogP contribution in [0, 0.1) is 6.92 Å². The number of rotatable bonds is 3. The van der Waals surface area contributed by atoms with Crippen molar-refractivity contribution in [3.63, 3.8) is 0 Å². The largest absolute Gasteiger partial charge is 0.495 e. The summed E-state index contributed by atoms with van der Waals surface area (Å²) < 4.78 is 5.04. The third kappa shape index (κ3) is 2.14. The van der Waals surface area contributed by atoms with Gasteiger partial charge in [-0.1, -0.05) is 23.7 Å². The van der Waals surface area contributed by atoms with Gasteiger partial charge in [-0.2, -0.15) is 0 Å². The molecule has 0 aliphatic carbocycles. The Kier molecular flexibility index (Phi) is 3.58. The van der Waals surface area contributed by atoms with E-state index in [1.807, 2.05) is 12.1 Å². The molecule has 0 saturated carbocycles. The lowest BCUT2D eigenvalue weighted by Crippen LogP contribution is -2.00. The molecule has 13 heavy (non-hydrogen) atoms. The molecule has 0 bridgehead atoms. The first-order chi connectivity index (χ1) is 6.20. The van der Waals surface area contributed by atoms with Crippen molar-refractivity contribution in [1.82, 2.24) is 0 Å². The molecule has 2 nitrogen and oxygen atoms in total. The number of aliphatic hydroxyl groups is 1. The van der Waals surface area contributed by atoms with Gasteiger partial charge in [0, 0.05) is 12.5 Å². The first-order valence-electron chi connectivity index (χ1n) is 3.97. The number of benzene rings is 1. The molecule has 1 rings (SSSR count). The molecule has 1 N–H and O–H groups in total. The molecule has 0 aliphatic rings. The lowest BCUT2D eigenvalue weighted by molar-refractivity contribution is 0.282. The molecule has 3 heteroatoms. The highest BCUT2D eigenvalue weighted by molar-refractivity contribution is 6.32. The molecule has 0 saturated heterocycles. The van der Waals surface area contributed by atoms with Crippen LogP contribution < -0.4 is 4.74 Å². The zero-order valence-corrected chi connectivity index (χ0v) is 8.21. The molecule has 0 heterocycles. The molecule has 1 radical (unpaired) electrons. The maximum atomic E-state index is 8.91. The molecule has 1 unspecified atom stereocenters. The lowest BCUT2D eigenvalue weighted by Gasteiger charge is -2.12. The van der Waals surface area contributed by atoms with Crippen LogP contribution in [0.1, 0.15) is 11.5 Å². The number of hydrogen-bond donors (Lipinski definition) is 1. The van der Waals surface area contributed by atoms with E-state index in [1.54, 1.807) is 13.2 Å². The number of methoxy groups -OCH3 is 1. The highest BCUT2D eigenvalue weighted by Crippen LogP contribution is 2.31. The van der Waals surface area contributed by atoms with Crippen LogP contribution in [-0.2, 0) is 0 Å². The SMILES string of the molecule is [CH2]C(CO)c1cccc(OC)c1Cl. The second-order valence-electron chi connectivity index (χ2n) is 2.74. The molecule has 1 atom stereocenters. The molecular formula is C10H12ClO2. The van der Waals surface area contributed by atoms with Gasteiger partial charge in [0.05, 0.1) is 12.1 Å². The van der Waals surface area contributed by atoms with Crippen molar-refractivity contribution >= 4 is 11.6 Å². The van der Waals surface area contributed by atoms with Crippen LogP contribution in [0.5, 0.6) is 5.75 Å². The summed E-state index contributed by atoms with van der Waals surface area (Å²) in [5.74, 6) is 0.406. The van der Waals surface area contributed by atoms with Crippen LogP contribution in [0.25, 0.3) is 0 Å². The van der Waals surface area contributed by atoms with E-state index >= 15 is 0 Å². The van der Waals surface area contributed by atoms with Crippen molar-refractivity contribution in [3.05, 3.63) is 35.7 Å². The van der Waals surface area contributed by atoms with E-state index in [0.29, 0.717) is 10.8 Å². The summed E-state index contributed by atoms with van der Waals surface area (Å²) in [4.78, 5) is 0. The van der Waals surface area contributed by atoms with Gasteiger partial charge in [-0.3, -0.25) is 0 Å². The van der Waals surface area contributed by atoms with Crippen molar-refractivity contribution < 1.29 is 9.84 Å². The zero-order valence-electron chi connectivity index (χ0n) is 7.46. The number of ether oxygens (including phenoxy) is 1. The highest BCUT2D eigenvalue weighted by Gasteiger charge is 2.11. The second kappa shape index (κ2) is 4.49. The summed E-state index contributed by atoms with van der Waals surface area (Å²) in [7, 11) is 1.56. The standard InChI is InChI=1S/C10H12ClO2/c1-7(6-12)8-4-3-5-9(13-2)10(8)11/h3-5,7,12H,1,6H2,2H3. The zero-order chi connectivity index (χ0) is 9.84. The van der Waals surface area contributed by atoms with Gasteiger partial charge in [0.2, 0.25) is 0 Å². The summed E-state index contributed by atoms with van der Waals surface area (Å²) in [6, 6.07) is 5.43. The summed E-state index contributed by atoms with van der Waals surface area (Å²) in [5.41, 5.74) is 0.809. The van der Waals surface area contributed by atoms with Gasteiger partial charge in [0.25, 0.3) is 0 Å². The van der Waals surface area contributed by atoms with Crippen molar-refractivity contribution in [2.75, 3.05) is 13.7 Å². The van der Waals surface area contributed by atoms with Crippen LogP contribution in [0.4, 0.5) is 0 Å².